The third-order valence-corrected chi connectivity index (χ3v) is 3.81. The maximum absolute atomic E-state index is 13.3. The van der Waals surface area contributed by atoms with Gasteiger partial charge in [0.15, 0.2) is 0 Å². The van der Waals surface area contributed by atoms with E-state index in [-0.39, 0.29) is 17.6 Å². The SMILES string of the molecule is O=C(N[C@@H]1CNC[C@@H]1n1ccnn1)c1ccc(F)c(C(F)(F)F)c1. The highest BCUT2D eigenvalue weighted by atomic mass is 19.4. The van der Waals surface area contributed by atoms with E-state index in [1.54, 1.807) is 10.9 Å². The lowest BCUT2D eigenvalue weighted by Crippen LogP contribution is -2.41. The molecule has 0 aliphatic carbocycles. The van der Waals surface area contributed by atoms with Crippen LogP contribution in [-0.2, 0) is 6.18 Å². The van der Waals surface area contributed by atoms with Crippen LogP contribution in [0, 0.1) is 5.82 Å². The Hall–Kier alpha value is -2.49. The molecule has 1 aromatic heterocycles. The van der Waals surface area contributed by atoms with Crippen molar-refractivity contribution in [2.75, 3.05) is 13.1 Å². The standard InChI is InChI=1S/C14H13F4N5O/c15-10-2-1-8(5-9(10)14(16,17)18)13(24)21-11-6-19-7-12(11)23-4-3-20-22-23/h1-5,11-12,19H,6-7H2,(H,21,24)/t11-,12+/m1/s1. The fourth-order valence-corrected chi connectivity index (χ4v) is 2.62. The Morgan fingerprint density at radius 2 is 2.12 bits per heavy atom. The minimum Gasteiger partial charge on any atom is -0.346 e. The fourth-order valence-electron chi connectivity index (χ4n) is 2.62. The Balaban J connectivity index is 1.78. The Morgan fingerprint density at radius 3 is 2.79 bits per heavy atom. The molecule has 3 rings (SSSR count). The first-order chi connectivity index (χ1) is 11.4. The average molecular weight is 343 g/mol. The van der Waals surface area contributed by atoms with Gasteiger partial charge in [-0.3, -0.25) is 4.79 Å². The summed E-state index contributed by atoms with van der Waals surface area (Å²) in [5.74, 6) is -2.12. The van der Waals surface area contributed by atoms with Crippen molar-refractivity contribution >= 4 is 5.91 Å². The van der Waals surface area contributed by atoms with E-state index in [4.69, 9.17) is 0 Å². The molecule has 24 heavy (non-hydrogen) atoms. The van der Waals surface area contributed by atoms with E-state index < -0.39 is 23.5 Å². The maximum Gasteiger partial charge on any atom is 0.419 e. The van der Waals surface area contributed by atoms with Crippen LogP contribution in [0.4, 0.5) is 17.6 Å². The summed E-state index contributed by atoms with van der Waals surface area (Å²) in [6.07, 6.45) is -1.73. The number of nitrogens with zero attached hydrogens (tertiary/aromatic N) is 3. The monoisotopic (exact) mass is 343 g/mol. The van der Waals surface area contributed by atoms with Crippen molar-refractivity contribution in [3.05, 3.63) is 47.5 Å². The van der Waals surface area contributed by atoms with Crippen LogP contribution in [0.1, 0.15) is 22.0 Å². The molecule has 2 aromatic rings. The zero-order valence-electron chi connectivity index (χ0n) is 12.2. The molecule has 1 aromatic carbocycles. The van der Waals surface area contributed by atoms with Gasteiger partial charge in [-0.25, -0.2) is 9.07 Å². The largest absolute Gasteiger partial charge is 0.419 e. The minimum atomic E-state index is -4.86. The Kier molecular flexibility index (Phi) is 4.22. The van der Waals surface area contributed by atoms with Gasteiger partial charge in [0.05, 0.1) is 23.8 Å². The summed E-state index contributed by atoms with van der Waals surface area (Å²) < 4.78 is 53.1. The molecule has 0 saturated carbocycles. The molecule has 1 saturated heterocycles. The Bertz CT molecular complexity index is 731. The van der Waals surface area contributed by atoms with Crippen LogP contribution in [0.5, 0.6) is 0 Å². The second-order valence-electron chi connectivity index (χ2n) is 5.38. The Morgan fingerprint density at radius 1 is 1.33 bits per heavy atom. The number of carbonyl (C=O) groups is 1. The number of benzene rings is 1. The van der Waals surface area contributed by atoms with Crippen LogP contribution >= 0.6 is 0 Å². The molecule has 6 nitrogen and oxygen atoms in total. The van der Waals surface area contributed by atoms with Gasteiger partial charge in [0.2, 0.25) is 0 Å². The molecule has 1 aliphatic rings. The zero-order valence-corrected chi connectivity index (χ0v) is 12.2. The van der Waals surface area contributed by atoms with E-state index in [1.165, 1.54) is 6.20 Å². The van der Waals surface area contributed by atoms with E-state index in [0.29, 0.717) is 25.2 Å². The molecule has 0 unspecified atom stereocenters. The predicted molar refractivity (Wildman–Crippen MR) is 74.6 cm³/mol. The maximum atomic E-state index is 13.3. The quantitative estimate of drug-likeness (QED) is 0.826. The molecule has 1 amide bonds. The van der Waals surface area contributed by atoms with Crippen LogP contribution in [-0.4, -0.2) is 40.0 Å². The molecule has 2 heterocycles. The van der Waals surface area contributed by atoms with Crippen molar-refractivity contribution in [1.82, 2.24) is 25.6 Å². The van der Waals surface area contributed by atoms with Gasteiger partial charge in [-0.2, -0.15) is 13.2 Å². The van der Waals surface area contributed by atoms with Gasteiger partial charge in [0.1, 0.15) is 5.82 Å². The second-order valence-corrected chi connectivity index (χ2v) is 5.38. The zero-order chi connectivity index (χ0) is 17.3. The number of carbonyl (C=O) groups excluding carboxylic acids is 1. The summed E-state index contributed by atoms with van der Waals surface area (Å²) in [7, 11) is 0. The van der Waals surface area contributed by atoms with E-state index >= 15 is 0 Å². The molecule has 2 atom stereocenters. The van der Waals surface area contributed by atoms with Gasteiger partial charge in [0.25, 0.3) is 5.91 Å². The first-order valence-electron chi connectivity index (χ1n) is 7.10. The van der Waals surface area contributed by atoms with Crippen LogP contribution in [0.3, 0.4) is 0 Å². The Labute approximate surface area is 133 Å². The molecule has 0 spiro atoms. The smallest absolute Gasteiger partial charge is 0.346 e. The number of amides is 1. The molecular formula is C14H13F4N5O. The van der Waals surface area contributed by atoms with E-state index in [1.807, 2.05) is 0 Å². The first kappa shape index (κ1) is 16.4. The lowest BCUT2D eigenvalue weighted by atomic mass is 10.1. The minimum absolute atomic E-state index is 0.209. The molecular weight excluding hydrogens is 330 g/mol. The van der Waals surface area contributed by atoms with Crippen LogP contribution in [0.25, 0.3) is 0 Å². The summed E-state index contributed by atoms with van der Waals surface area (Å²) in [6.45, 7) is 0.967. The van der Waals surface area contributed by atoms with E-state index in [2.05, 4.69) is 20.9 Å². The predicted octanol–water partition coefficient (Wildman–Crippen LogP) is 1.38. The summed E-state index contributed by atoms with van der Waals surface area (Å²) in [5.41, 5.74) is -1.72. The van der Waals surface area contributed by atoms with Crippen molar-refractivity contribution < 1.29 is 22.4 Å². The van der Waals surface area contributed by atoms with Gasteiger partial charge < -0.3 is 10.6 Å². The lowest BCUT2D eigenvalue weighted by Gasteiger charge is -2.20. The third-order valence-electron chi connectivity index (χ3n) is 3.81. The van der Waals surface area contributed by atoms with Crippen molar-refractivity contribution in [3.8, 4) is 0 Å². The first-order valence-corrected chi connectivity index (χ1v) is 7.10. The molecule has 10 heteroatoms. The molecule has 1 aliphatic heterocycles. The van der Waals surface area contributed by atoms with Crippen molar-refractivity contribution in [3.63, 3.8) is 0 Å². The number of hydrogen-bond donors (Lipinski definition) is 2. The van der Waals surface area contributed by atoms with Crippen LogP contribution in [0.15, 0.2) is 30.6 Å². The van der Waals surface area contributed by atoms with Gasteiger partial charge in [-0.1, -0.05) is 5.21 Å². The summed E-state index contributed by atoms with van der Waals surface area (Å²) in [6, 6.07) is 1.58. The number of alkyl halides is 3. The topological polar surface area (TPSA) is 71.8 Å². The highest BCUT2D eigenvalue weighted by Crippen LogP contribution is 2.32. The summed E-state index contributed by atoms with van der Waals surface area (Å²) in [4.78, 5) is 12.2. The van der Waals surface area contributed by atoms with E-state index in [0.717, 1.165) is 6.07 Å². The molecule has 0 bridgehead atoms. The van der Waals surface area contributed by atoms with Crippen molar-refractivity contribution in [2.24, 2.45) is 0 Å². The number of nitrogens with one attached hydrogen (secondary N) is 2. The average Bonchev–Trinajstić information content (AvgIpc) is 3.16. The fraction of sp³-hybridized carbons (Fsp3) is 0.357. The molecule has 2 N–H and O–H groups in total. The molecule has 0 radical (unpaired) electrons. The lowest BCUT2D eigenvalue weighted by molar-refractivity contribution is -0.140. The third kappa shape index (κ3) is 3.23. The van der Waals surface area contributed by atoms with Crippen LogP contribution in [0.2, 0.25) is 0 Å². The normalized spacial score (nSPS) is 21.0. The highest BCUT2D eigenvalue weighted by Gasteiger charge is 2.35. The second kappa shape index (κ2) is 6.19. The number of halogens is 4. The number of rotatable bonds is 3. The van der Waals surface area contributed by atoms with Gasteiger partial charge >= 0.3 is 6.18 Å². The molecule has 1 fully saturated rings. The summed E-state index contributed by atoms with van der Waals surface area (Å²) in [5, 5.41) is 13.3. The van der Waals surface area contributed by atoms with Gasteiger partial charge in [-0.05, 0) is 18.2 Å². The van der Waals surface area contributed by atoms with Crippen molar-refractivity contribution in [1.29, 1.82) is 0 Å². The number of aromatic nitrogens is 3. The summed E-state index contributed by atoms with van der Waals surface area (Å²) >= 11 is 0. The van der Waals surface area contributed by atoms with E-state index in [9.17, 15) is 22.4 Å². The molecule has 128 valence electrons. The van der Waals surface area contributed by atoms with Gasteiger partial charge in [0, 0.05) is 24.8 Å². The van der Waals surface area contributed by atoms with Gasteiger partial charge in [-0.15, -0.1) is 5.10 Å². The number of hydrogen-bond acceptors (Lipinski definition) is 4. The highest BCUT2D eigenvalue weighted by molar-refractivity contribution is 5.94. The van der Waals surface area contributed by atoms with Crippen molar-refractivity contribution in [2.45, 2.75) is 18.3 Å². The van der Waals surface area contributed by atoms with Crippen LogP contribution < -0.4 is 10.6 Å².